The molecule has 0 atom stereocenters. The van der Waals surface area contributed by atoms with Crippen molar-refractivity contribution in [3.05, 3.63) is 59.7 Å². The number of benzene rings is 2. The van der Waals surface area contributed by atoms with Crippen LogP contribution in [0.15, 0.2) is 48.5 Å². The molecule has 0 bridgehead atoms. The minimum Gasteiger partial charge on any atom is -0.481 e. The smallest absolute Gasteiger partial charge is 0.329 e. The summed E-state index contributed by atoms with van der Waals surface area (Å²) in [5, 5.41) is 20.0. The monoisotopic (exact) mass is 408 g/mol. The first-order chi connectivity index (χ1) is 14.5. The van der Waals surface area contributed by atoms with Crippen LogP contribution in [-0.4, -0.2) is 42.6 Å². The van der Waals surface area contributed by atoms with Gasteiger partial charge in [-0.05, 0) is 54.8 Å². The number of hydrogen-bond donors (Lipinski definition) is 3. The molecule has 1 aliphatic heterocycles. The second-order valence-electron chi connectivity index (χ2n) is 7.35. The van der Waals surface area contributed by atoms with E-state index in [0.29, 0.717) is 25.3 Å². The first-order valence-electron chi connectivity index (χ1n) is 10.3. The fraction of sp³-hybridized carbons (Fsp3) is 0.348. The van der Waals surface area contributed by atoms with E-state index in [0.717, 1.165) is 41.9 Å². The molecule has 30 heavy (non-hydrogen) atoms. The number of urea groups is 1. The highest BCUT2D eigenvalue weighted by Crippen LogP contribution is 2.26. The van der Waals surface area contributed by atoms with E-state index in [9.17, 15) is 9.59 Å². The van der Waals surface area contributed by atoms with E-state index < -0.39 is 5.97 Å². The van der Waals surface area contributed by atoms with Crippen molar-refractivity contribution >= 4 is 29.2 Å². The van der Waals surface area contributed by atoms with Gasteiger partial charge in [0.1, 0.15) is 5.84 Å². The van der Waals surface area contributed by atoms with Crippen molar-refractivity contribution in [2.75, 3.05) is 29.4 Å². The SMILES string of the molecule is CCCCNC(=N)c1ccc(N2CCN(c3ccc(CCC(=O)O)cc3)C2=O)cc1. The minimum absolute atomic E-state index is 0.0859. The van der Waals surface area contributed by atoms with Crippen molar-refractivity contribution in [2.24, 2.45) is 0 Å². The van der Waals surface area contributed by atoms with Gasteiger partial charge in [0.05, 0.1) is 0 Å². The lowest BCUT2D eigenvalue weighted by atomic mass is 10.1. The van der Waals surface area contributed by atoms with Gasteiger partial charge in [0.15, 0.2) is 0 Å². The molecule has 2 aromatic rings. The molecule has 158 valence electrons. The maximum Gasteiger partial charge on any atom is 0.329 e. The normalized spacial score (nSPS) is 13.6. The Balaban J connectivity index is 1.62. The Labute approximate surface area is 176 Å². The first kappa shape index (κ1) is 21.4. The zero-order chi connectivity index (χ0) is 21.5. The number of hydrogen-bond acceptors (Lipinski definition) is 3. The summed E-state index contributed by atoms with van der Waals surface area (Å²) in [6.07, 6.45) is 2.68. The summed E-state index contributed by atoms with van der Waals surface area (Å²) in [6, 6.07) is 14.9. The van der Waals surface area contributed by atoms with E-state index in [1.807, 2.05) is 48.5 Å². The molecule has 0 unspecified atom stereocenters. The van der Waals surface area contributed by atoms with Crippen LogP contribution in [0.1, 0.15) is 37.3 Å². The molecular weight excluding hydrogens is 380 g/mol. The van der Waals surface area contributed by atoms with Gasteiger partial charge in [0, 0.05) is 43.0 Å². The fourth-order valence-electron chi connectivity index (χ4n) is 3.41. The average Bonchev–Trinajstić information content (AvgIpc) is 3.14. The van der Waals surface area contributed by atoms with Gasteiger partial charge in [-0.1, -0.05) is 25.5 Å². The number of carbonyl (C=O) groups is 2. The Morgan fingerprint density at radius 3 is 2.13 bits per heavy atom. The standard InChI is InChI=1S/C23H28N4O3/c1-2-3-14-25-22(24)18-7-11-20(12-8-18)27-16-15-26(23(27)30)19-9-4-17(5-10-19)6-13-21(28)29/h4-5,7-12H,2-3,6,13-16H2,1H3,(H2,24,25)(H,28,29). The molecule has 0 radical (unpaired) electrons. The van der Waals surface area contributed by atoms with E-state index in [4.69, 9.17) is 10.5 Å². The third-order valence-electron chi connectivity index (χ3n) is 5.18. The third kappa shape index (κ3) is 5.17. The molecule has 1 fully saturated rings. The molecule has 7 heteroatoms. The van der Waals surface area contributed by atoms with E-state index in [1.54, 1.807) is 9.80 Å². The van der Waals surface area contributed by atoms with Gasteiger partial charge in [-0.15, -0.1) is 0 Å². The van der Waals surface area contributed by atoms with Gasteiger partial charge >= 0.3 is 12.0 Å². The number of carboxylic acids is 1. The minimum atomic E-state index is -0.817. The topological polar surface area (TPSA) is 96.7 Å². The molecule has 0 saturated carbocycles. The van der Waals surface area contributed by atoms with Crippen molar-refractivity contribution in [1.29, 1.82) is 5.41 Å². The van der Waals surface area contributed by atoms with Gasteiger partial charge in [-0.2, -0.15) is 0 Å². The molecule has 3 N–H and O–H groups in total. The Morgan fingerprint density at radius 1 is 1.03 bits per heavy atom. The number of anilines is 2. The van der Waals surface area contributed by atoms with Crippen molar-refractivity contribution in [3.63, 3.8) is 0 Å². The fourth-order valence-corrected chi connectivity index (χ4v) is 3.41. The number of unbranched alkanes of at least 4 members (excludes halogenated alkanes) is 1. The third-order valence-corrected chi connectivity index (χ3v) is 5.18. The summed E-state index contributed by atoms with van der Waals surface area (Å²) in [4.78, 5) is 27.1. The van der Waals surface area contributed by atoms with Gasteiger partial charge in [-0.3, -0.25) is 20.0 Å². The highest BCUT2D eigenvalue weighted by Gasteiger charge is 2.30. The number of amidine groups is 1. The number of aryl methyl sites for hydroxylation is 1. The number of carbonyl (C=O) groups excluding carboxylic acids is 1. The zero-order valence-electron chi connectivity index (χ0n) is 17.2. The van der Waals surface area contributed by atoms with Gasteiger partial charge < -0.3 is 10.4 Å². The molecular formula is C23H28N4O3. The molecule has 1 heterocycles. The van der Waals surface area contributed by atoms with E-state index in [-0.39, 0.29) is 12.5 Å². The Kier molecular flexibility index (Phi) is 7.06. The highest BCUT2D eigenvalue weighted by molar-refractivity contribution is 6.06. The lowest BCUT2D eigenvalue weighted by Gasteiger charge is -2.19. The molecule has 2 amide bonds. The van der Waals surface area contributed by atoms with Crippen LogP contribution in [0.2, 0.25) is 0 Å². The van der Waals surface area contributed by atoms with E-state index in [1.165, 1.54) is 0 Å². The van der Waals surface area contributed by atoms with E-state index >= 15 is 0 Å². The van der Waals surface area contributed by atoms with Crippen molar-refractivity contribution in [2.45, 2.75) is 32.6 Å². The van der Waals surface area contributed by atoms with Gasteiger partial charge in [0.2, 0.25) is 0 Å². The van der Waals surface area contributed by atoms with Crippen LogP contribution in [0.4, 0.5) is 16.2 Å². The lowest BCUT2D eigenvalue weighted by Crippen LogP contribution is -2.31. The quantitative estimate of drug-likeness (QED) is 0.333. The highest BCUT2D eigenvalue weighted by atomic mass is 16.4. The number of carboxylic acid groups (broad SMARTS) is 1. The van der Waals surface area contributed by atoms with Crippen LogP contribution in [0.25, 0.3) is 0 Å². The second-order valence-corrected chi connectivity index (χ2v) is 7.35. The largest absolute Gasteiger partial charge is 0.481 e. The Hall–Kier alpha value is -3.35. The van der Waals surface area contributed by atoms with Crippen LogP contribution < -0.4 is 15.1 Å². The summed E-state index contributed by atoms with van der Waals surface area (Å²) in [5.41, 5.74) is 3.36. The summed E-state index contributed by atoms with van der Waals surface area (Å²) in [7, 11) is 0. The number of amides is 2. The summed E-state index contributed by atoms with van der Waals surface area (Å²) in [6.45, 7) is 4.07. The number of nitrogens with one attached hydrogen (secondary N) is 2. The number of rotatable bonds is 9. The predicted molar refractivity (Wildman–Crippen MR) is 119 cm³/mol. The van der Waals surface area contributed by atoms with Crippen molar-refractivity contribution < 1.29 is 14.7 Å². The van der Waals surface area contributed by atoms with Crippen LogP contribution in [0, 0.1) is 5.41 Å². The molecule has 0 aromatic heterocycles. The van der Waals surface area contributed by atoms with Crippen LogP contribution in [0.5, 0.6) is 0 Å². The Bertz CT molecular complexity index is 894. The number of nitrogens with zero attached hydrogens (tertiary/aromatic N) is 2. The molecule has 1 aliphatic rings. The average molecular weight is 409 g/mol. The molecule has 3 rings (SSSR count). The van der Waals surface area contributed by atoms with Crippen LogP contribution >= 0.6 is 0 Å². The summed E-state index contributed by atoms with van der Waals surface area (Å²) >= 11 is 0. The zero-order valence-corrected chi connectivity index (χ0v) is 17.2. The second kappa shape index (κ2) is 9.91. The molecule has 1 saturated heterocycles. The maximum absolute atomic E-state index is 12.9. The Morgan fingerprint density at radius 2 is 1.60 bits per heavy atom. The molecule has 0 aliphatic carbocycles. The van der Waals surface area contributed by atoms with Crippen molar-refractivity contribution in [1.82, 2.24) is 5.32 Å². The first-order valence-corrected chi connectivity index (χ1v) is 10.3. The summed E-state index contributed by atoms with van der Waals surface area (Å²) in [5.74, 6) is -0.422. The lowest BCUT2D eigenvalue weighted by molar-refractivity contribution is -0.136. The van der Waals surface area contributed by atoms with Gasteiger partial charge in [-0.25, -0.2) is 4.79 Å². The summed E-state index contributed by atoms with van der Waals surface area (Å²) < 4.78 is 0. The molecule has 2 aromatic carbocycles. The van der Waals surface area contributed by atoms with Crippen LogP contribution in [-0.2, 0) is 11.2 Å². The predicted octanol–water partition coefficient (Wildman–Crippen LogP) is 3.87. The number of aliphatic carboxylic acids is 1. The van der Waals surface area contributed by atoms with Gasteiger partial charge in [0.25, 0.3) is 0 Å². The molecule has 0 spiro atoms. The van der Waals surface area contributed by atoms with Crippen molar-refractivity contribution in [3.8, 4) is 0 Å². The van der Waals surface area contributed by atoms with E-state index in [2.05, 4.69) is 12.2 Å². The maximum atomic E-state index is 12.9. The van der Waals surface area contributed by atoms with Crippen LogP contribution in [0.3, 0.4) is 0 Å². The molecule has 7 nitrogen and oxygen atoms in total.